The molecule has 0 aliphatic carbocycles. The maximum absolute atomic E-state index is 11.5. The molecule has 1 N–H and O–H groups in total. The molecule has 0 amide bonds. The van der Waals surface area contributed by atoms with Gasteiger partial charge in [0.1, 0.15) is 5.75 Å². The highest BCUT2D eigenvalue weighted by molar-refractivity contribution is 6.68. The second kappa shape index (κ2) is 5.44. The summed E-state index contributed by atoms with van der Waals surface area (Å²) in [5.41, 5.74) is 1.89. The molecule has 96 valence electrons. The minimum atomic E-state index is -0.519. The van der Waals surface area contributed by atoms with E-state index in [1.165, 1.54) is 0 Å². The SMILES string of the molecule is CCOC(=O)CC1CB(O)c2cc(OC)ccc21. The van der Waals surface area contributed by atoms with Gasteiger partial charge in [-0.15, -0.1) is 0 Å². The molecule has 1 aliphatic rings. The van der Waals surface area contributed by atoms with Crippen molar-refractivity contribution in [2.75, 3.05) is 13.7 Å². The van der Waals surface area contributed by atoms with E-state index in [0.717, 1.165) is 16.8 Å². The minimum Gasteiger partial charge on any atom is -0.497 e. The molecule has 1 aromatic carbocycles. The van der Waals surface area contributed by atoms with Crippen molar-refractivity contribution >= 4 is 18.3 Å². The van der Waals surface area contributed by atoms with Gasteiger partial charge in [-0.2, -0.15) is 0 Å². The topological polar surface area (TPSA) is 55.8 Å². The first-order chi connectivity index (χ1) is 8.65. The molecule has 0 bridgehead atoms. The number of hydrogen-bond acceptors (Lipinski definition) is 4. The molecule has 1 aromatic rings. The van der Waals surface area contributed by atoms with Gasteiger partial charge in [-0.3, -0.25) is 4.79 Å². The number of hydrogen-bond donors (Lipinski definition) is 1. The van der Waals surface area contributed by atoms with Gasteiger partial charge in [0.15, 0.2) is 0 Å². The summed E-state index contributed by atoms with van der Waals surface area (Å²) in [7, 11) is 1.60. The summed E-state index contributed by atoms with van der Waals surface area (Å²) in [6.45, 7) is 1.67. The summed E-state index contributed by atoms with van der Waals surface area (Å²) in [6.07, 6.45) is 0.894. The number of carbonyl (C=O) groups excluding carboxylic acids is 1. The standard InChI is InChI=1S/C13H17BO4/c1-3-18-13(15)6-9-8-14(16)12-7-10(17-2)4-5-11(9)12/h4-5,7,9,16H,3,6,8H2,1-2H3. The third-order valence-electron chi connectivity index (χ3n) is 3.32. The van der Waals surface area contributed by atoms with Crippen molar-refractivity contribution in [1.82, 2.24) is 0 Å². The molecule has 1 atom stereocenters. The monoisotopic (exact) mass is 248 g/mol. The van der Waals surface area contributed by atoms with E-state index in [9.17, 15) is 9.82 Å². The third-order valence-corrected chi connectivity index (χ3v) is 3.32. The zero-order valence-electron chi connectivity index (χ0n) is 10.7. The van der Waals surface area contributed by atoms with Crippen molar-refractivity contribution in [3.63, 3.8) is 0 Å². The number of esters is 1. The van der Waals surface area contributed by atoms with E-state index in [0.29, 0.717) is 19.3 Å². The molecule has 0 spiro atoms. The Morgan fingerprint density at radius 3 is 3.00 bits per heavy atom. The van der Waals surface area contributed by atoms with Crippen LogP contribution in [0.15, 0.2) is 18.2 Å². The molecule has 0 fully saturated rings. The number of methoxy groups -OCH3 is 1. The first-order valence-electron chi connectivity index (χ1n) is 6.17. The van der Waals surface area contributed by atoms with Crippen molar-refractivity contribution in [2.24, 2.45) is 0 Å². The predicted molar refractivity (Wildman–Crippen MR) is 69.4 cm³/mol. The average Bonchev–Trinajstić information content (AvgIpc) is 2.66. The van der Waals surface area contributed by atoms with Crippen molar-refractivity contribution in [3.05, 3.63) is 23.8 Å². The van der Waals surface area contributed by atoms with Crippen LogP contribution < -0.4 is 10.2 Å². The molecular formula is C13H17BO4. The van der Waals surface area contributed by atoms with Crippen LogP contribution in [0, 0.1) is 0 Å². The highest BCUT2D eigenvalue weighted by atomic mass is 16.5. The van der Waals surface area contributed by atoms with Crippen LogP contribution in [0.5, 0.6) is 5.75 Å². The second-order valence-electron chi connectivity index (χ2n) is 4.45. The Kier molecular flexibility index (Phi) is 3.92. The molecule has 5 heteroatoms. The van der Waals surface area contributed by atoms with Crippen LogP contribution in [0.25, 0.3) is 0 Å². The predicted octanol–water partition coefficient (Wildman–Crippen LogP) is 0.936. The van der Waals surface area contributed by atoms with Crippen LogP contribution >= 0.6 is 0 Å². The molecule has 1 unspecified atom stereocenters. The number of fused-ring (bicyclic) bond motifs is 1. The number of ether oxygens (including phenoxy) is 2. The zero-order chi connectivity index (χ0) is 13.1. The Balaban J connectivity index is 2.17. The molecule has 0 radical (unpaired) electrons. The fourth-order valence-corrected chi connectivity index (χ4v) is 2.48. The van der Waals surface area contributed by atoms with Gasteiger partial charge in [0.25, 0.3) is 0 Å². The van der Waals surface area contributed by atoms with Gasteiger partial charge >= 0.3 is 12.9 Å². The van der Waals surface area contributed by atoms with Gasteiger partial charge in [-0.25, -0.2) is 0 Å². The Hall–Kier alpha value is -1.49. The Morgan fingerprint density at radius 2 is 2.33 bits per heavy atom. The molecule has 1 aliphatic heterocycles. The third kappa shape index (κ3) is 2.51. The van der Waals surface area contributed by atoms with Crippen LogP contribution in [-0.2, 0) is 9.53 Å². The van der Waals surface area contributed by atoms with Crippen molar-refractivity contribution in [2.45, 2.75) is 25.6 Å². The van der Waals surface area contributed by atoms with E-state index in [1.54, 1.807) is 14.0 Å². The van der Waals surface area contributed by atoms with Gasteiger partial charge in [0.05, 0.1) is 20.1 Å². The molecule has 2 rings (SSSR count). The molecule has 4 nitrogen and oxygen atoms in total. The summed E-state index contributed by atoms with van der Waals surface area (Å²) in [4.78, 5) is 11.5. The summed E-state index contributed by atoms with van der Waals surface area (Å²) in [5.74, 6) is 0.558. The lowest BCUT2D eigenvalue weighted by Gasteiger charge is -2.11. The fourth-order valence-electron chi connectivity index (χ4n) is 2.48. The number of carbonyl (C=O) groups is 1. The van der Waals surface area contributed by atoms with E-state index >= 15 is 0 Å². The van der Waals surface area contributed by atoms with Crippen LogP contribution in [-0.4, -0.2) is 31.6 Å². The van der Waals surface area contributed by atoms with Crippen LogP contribution in [0.4, 0.5) is 0 Å². The van der Waals surface area contributed by atoms with Gasteiger partial charge in [0.2, 0.25) is 0 Å². The average molecular weight is 248 g/mol. The van der Waals surface area contributed by atoms with E-state index in [-0.39, 0.29) is 11.9 Å². The largest absolute Gasteiger partial charge is 0.497 e. The van der Waals surface area contributed by atoms with Crippen molar-refractivity contribution < 1.29 is 19.3 Å². The van der Waals surface area contributed by atoms with Crippen molar-refractivity contribution in [3.8, 4) is 5.75 Å². The summed E-state index contributed by atoms with van der Waals surface area (Å²) >= 11 is 0. The van der Waals surface area contributed by atoms with E-state index in [4.69, 9.17) is 9.47 Å². The van der Waals surface area contributed by atoms with Crippen LogP contribution in [0.2, 0.25) is 6.32 Å². The minimum absolute atomic E-state index is 0.0416. The van der Waals surface area contributed by atoms with E-state index in [1.807, 2.05) is 18.2 Å². The summed E-state index contributed by atoms with van der Waals surface area (Å²) < 4.78 is 10.1. The van der Waals surface area contributed by atoms with Crippen LogP contribution in [0.3, 0.4) is 0 Å². The fraction of sp³-hybridized carbons (Fsp3) is 0.462. The molecule has 0 saturated carbocycles. The van der Waals surface area contributed by atoms with Gasteiger partial charge in [0, 0.05) is 0 Å². The Labute approximate surface area is 107 Å². The number of rotatable bonds is 4. The molecule has 1 heterocycles. The zero-order valence-corrected chi connectivity index (χ0v) is 10.7. The van der Waals surface area contributed by atoms with E-state index < -0.39 is 6.92 Å². The quantitative estimate of drug-likeness (QED) is 0.636. The molecule has 0 saturated heterocycles. The maximum Gasteiger partial charge on any atom is 0.324 e. The van der Waals surface area contributed by atoms with Gasteiger partial charge in [-0.05, 0) is 42.3 Å². The van der Waals surface area contributed by atoms with Crippen LogP contribution in [0.1, 0.15) is 24.8 Å². The molecule has 18 heavy (non-hydrogen) atoms. The Morgan fingerprint density at radius 1 is 1.56 bits per heavy atom. The molecule has 0 aromatic heterocycles. The highest BCUT2D eigenvalue weighted by Gasteiger charge is 2.34. The summed E-state index contributed by atoms with van der Waals surface area (Å²) in [5, 5.41) is 10.0. The highest BCUT2D eigenvalue weighted by Crippen LogP contribution is 2.32. The number of benzene rings is 1. The second-order valence-corrected chi connectivity index (χ2v) is 4.45. The first kappa shape index (κ1) is 13.0. The first-order valence-corrected chi connectivity index (χ1v) is 6.17. The van der Waals surface area contributed by atoms with Gasteiger partial charge < -0.3 is 14.5 Å². The smallest absolute Gasteiger partial charge is 0.324 e. The normalized spacial score (nSPS) is 17.5. The lowest BCUT2D eigenvalue weighted by molar-refractivity contribution is -0.143. The van der Waals surface area contributed by atoms with Gasteiger partial charge in [-0.1, -0.05) is 6.07 Å². The maximum atomic E-state index is 11.5. The lowest BCUT2D eigenvalue weighted by Crippen LogP contribution is -2.25. The Bertz CT molecular complexity index is 447. The van der Waals surface area contributed by atoms with E-state index in [2.05, 4.69) is 0 Å². The van der Waals surface area contributed by atoms with Crippen molar-refractivity contribution in [1.29, 1.82) is 0 Å². The summed E-state index contributed by atoms with van der Waals surface area (Å²) in [6, 6.07) is 5.62. The molecular weight excluding hydrogens is 231 g/mol. The lowest BCUT2D eigenvalue weighted by atomic mass is 9.62.